The van der Waals surface area contributed by atoms with Crippen LogP contribution in [0.1, 0.15) is 68.8 Å². The number of hydrogen-bond donors (Lipinski definition) is 2. The van der Waals surface area contributed by atoms with E-state index in [1.165, 1.54) is 17.5 Å². The molecule has 34 heavy (non-hydrogen) atoms. The lowest BCUT2D eigenvalue weighted by Crippen LogP contribution is -2.49. The smallest absolute Gasteiger partial charge is 0.410 e. The van der Waals surface area contributed by atoms with Crippen LogP contribution in [0.15, 0.2) is 6.20 Å². The SMILES string of the molecule is Cc1c(-c2nc(N[C@H]3CCN(C(=O)OC(C)(C)C)C[C@H]3C)ncc2F)sc2c1C(=O)NC2(C)C. The molecule has 0 radical (unpaired) electrons. The van der Waals surface area contributed by atoms with Gasteiger partial charge in [0.25, 0.3) is 5.91 Å². The van der Waals surface area contributed by atoms with Crippen LogP contribution in [0.4, 0.5) is 15.1 Å². The number of nitrogens with one attached hydrogen (secondary N) is 2. The Morgan fingerprint density at radius 1 is 1.38 bits per heavy atom. The average molecular weight is 490 g/mol. The third kappa shape index (κ3) is 4.60. The molecule has 10 heteroatoms. The van der Waals surface area contributed by atoms with Gasteiger partial charge in [0.05, 0.1) is 22.2 Å². The van der Waals surface area contributed by atoms with Gasteiger partial charge in [-0.25, -0.2) is 19.2 Å². The van der Waals surface area contributed by atoms with E-state index < -0.39 is 17.0 Å². The molecule has 0 aliphatic carbocycles. The second-order valence-electron chi connectivity index (χ2n) is 10.7. The number of rotatable bonds is 3. The summed E-state index contributed by atoms with van der Waals surface area (Å²) < 4.78 is 20.3. The summed E-state index contributed by atoms with van der Waals surface area (Å²) in [5.41, 5.74) is 0.495. The second-order valence-corrected chi connectivity index (χ2v) is 11.7. The predicted octanol–water partition coefficient (Wildman–Crippen LogP) is 4.69. The minimum atomic E-state index is -0.538. The van der Waals surface area contributed by atoms with Gasteiger partial charge in [0, 0.05) is 24.0 Å². The molecule has 4 heterocycles. The number of carbonyl (C=O) groups excluding carboxylic acids is 2. The molecule has 184 valence electrons. The maximum absolute atomic E-state index is 14.8. The quantitative estimate of drug-likeness (QED) is 0.649. The minimum absolute atomic E-state index is 0.0242. The van der Waals surface area contributed by atoms with E-state index in [2.05, 4.69) is 20.6 Å². The molecule has 4 rings (SSSR count). The van der Waals surface area contributed by atoms with E-state index in [1.807, 2.05) is 48.5 Å². The molecule has 8 nitrogen and oxygen atoms in total. The first-order valence-electron chi connectivity index (χ1n) is 11.5. The summed E-state index contributed by atoms with van der Waals surface area (Å²) >= 11 is 1.39. The fourth-order valence-corrected chi connectivity index (χ4v) is 5.82. The molecule has 0 unspecified atom stereocenters. The molecule has 2 aliphatic rings. The number of anilines is 1. The van der Waals surface area contributed by atoms with E-state index in [0.29, 0.717) is 35.9 Å². The lowest BCUT2D eigenvalue weighted by molar-refractivity contribution is 0.0164. The van der Waals surface area contributed by atoms with Crippen LogP contribution in [0, 0.1) is 18.7 Å². The Kier molecular flexibility index (Phi) is 6.08. The minimum Gasteiger partial charge on any atom is -0.444 e. The van der Waals surface area contributed by atoms with E-state index in [1.54, 1.807) is 4.90 Å². The second kappa shape index (κ2) is 8.48. The lowest BCUT2D eigenvalue weighted by Gasteiger charge is -2.37. The first-order chi connectivity index (χ1) is 15.8. The zero-order chi connectivity index (χ0) is 25.0. The van der Waals surface area contributed by atoms with Crippen LogP contribution in [0.2, 0.25) is 0 Å². The van der Waals surface area contributed by atoms with Crippen molar-refractivity contribution in [2.45, 2.75) is 72.1 Å². The highest BCUT2D eigenvalue weighted by Gasteiger charge is 2.40. The van der Waals surface area contributed by atoms with Crippen LogP contribution in [0.5, 0.6) is 0 Å². The number of thiophene rings is 1. The van der Waals surface area contributed by atoms with Crippen LogP contribution in [0.25, 0.3) is 10.6 Å². The van der Waals surface area contributed by atoms with Crippen molar-refractivity contribution in [3.8, 4) is 10.6 Å². The molecule has 0 aromatic carbocycles. The van der Waals surface area contributed by atoms with Crippen LogP contribution in [0.3, 0.4) is 0 Å². The molecule has 0 spiro atoms. The van der Waals surface area contributed by atoms with Crippen molar-refractivity contribution in [2.75, 3.05) is 18.4 Å². The zero-order valence-corrected chi connectivity index (χ0v) is 21.5. The number of nitrogens with zero attached hydrogens (tertiary/aromatic N) is 3. The number of halogens is 1. The van der Waals surface area contributed by atoms with Gasteiger partial charge in [-0.1, -0.05) is 6.92 Å². The number of fused-ring (bicyclic) bond motifs is 1. The first kappa shape index (κ1) is 24.4. The number of ether oxygens (including phenoxy) is 1. The highest BCUT2D eigenvalue weighted by molar-refractivity contribution is 7.16. The van der Waals surface area contributed by atoms with Crippen molar-refractivity contribution < 1.29 is 18.7 Å². The summed E-state index contributed by atoms with van der Waals surface area (Å²) in [4.78, 5) is 36.8. The topological polar surface area (TPSA) is 96.5 Å². The van der Waals surface area contributed by atoms with E-state index in [0.717, 1.165) is 10.4 Å². The van der Waals surface area contributed by atoms with Gasteiger partial charge in [-0.05, 0) is 59.4 Å². The predicted molar refractivity (Wildman–Crippen MR) is 130 cm³/mol. The number of amides is 2. The summed E-state index contributed by atoms with van der Waals surface area (Å²) in [5.74, 6) is -0.219. The Hall–Kier alpha value is -2.75. The molecular formula is C24H32FN5O3S. The van der Waals surface area contributed by atoms with E-state index in [9.17, 15) is 14.0 Å². The highest BCUT2D eigenvalue weighted by Crippen LogP contribution is 2.44. The fourth-order valence-electron chi connectivity index (χ4n) is 4.47. The summed E-state index contributed by atoms with van der Waals surface area (Å²) in [6.07, 6.45) is 1.55. The van der Waals surface area contributed by atoms with Crippen molar-refractivity contribution in [2.24, 2.45) is 5.92 Å². The van der Waals surface area contributed by atoms with Crippen LogP contribution in [-0.2, 0) is 10.3 Å². The summed E-state index contributed by atoms with van der Waals surface area (Å²) in [5, 5.41) is 6.29. The standard InChI is InChI=1S/C24H32FN5O3S/c1-12-11-30(22(32)33-23(3,4)5)9-8-15(12)27-21-26-10-14(25)17(28-21)18-13(2)16-19(34-18)24(6,7)29-20(16)31/h10,12,15H,8-9,11H2,1-7H3,(H,29,31)(H,26,27,28)/t12-,15+/m1/s1. The van der Waals surface area contributed by atoms with Gasteiger partial charge in [-0.2, -0.15) is 0 Å². The number of aromatic nitrogens is 2. The monoisotopic (exact) mass is 489 g/mol. The number of carbonyl (C=O) groups is 2. The maximum atomic E-state index is 14.8. The van der Waals surface area contributed by atoms with Crippen molar-refractivity contribution >= 4 is 29.3 Å². The van der Waals surface area contributed by atoms with Crippen molar-refractivity contribution in [1.29, 1.82) is 0 Å². The maximum Gasteiger partial charge on any atom is 0.410 e. The van der Waals surface area contributed by atoms with Gasteiger partial charge in [0.15, 0.2) is 5.82 Å². The normalized spacial score (nSPS) is 21.8. The first-order valence-corrected chi connectivity index (χ1v) is 12.3. The number of likely N-dealkylation sites (tertiary alicyclic amines) is 1. The molecule has 0 bridgehead atoms. The van der Waals surface area contributed by atoms with Crippen LogP contribution >= 0.6 is 11.3 Å². The number of hydrogen-bond acceptors (Lipinski definition) is 7. The van der Waals surface area contributed by atoms with Crippen LogP contribution < -0.4 is 10.6 Å². The van der Waals surface area contributed by atoms with Crippen molar-refractivity contribution in [3.05, 3.63) is 28.0 Å². The molecule has 2 aliphatic heterocycles. The van der Waals surface area contributed by atoms with Gasteiger partial charge >= 0.3 is 6.09 Å². The molecule has 2 aromatic rings. The molecule has 2 aromatic heterocycles. The Bertz CT molecular complexity index is 1140. The average Bonchev–Trinajstić information content (AvgIpc) is 3.18. The molecule has 2 N–H and O–H groups in total. The van der Waals surface area contributed by atoms with E-state index >= 15 is 0 Å². The fraction of sp³-hybridized carbons (Fsp3) is 0.583. The number of piperidine rings is 1. The Balaban J connectivity index is 1.52. The lowest BCUT2D eigenvalue weighted by atomic mass is 9.94. The van der Waals surface area contributed by atoms with Gasteiger partial charge < -0.3 is 20.3 Å². The largest absolute Gasteiger partial charge is 0.444 e. The van der Waals surface area contributed by atoms with Crippen LogP contribution in [-0.4, -0.2) is 51.6 Å². The molecule has 0 saturated carbocycles. The molecular weight excluding hydrogens is 457 g/mol. The van der Waals surface area contributed by atoms with Gasteiger partial charge in [-0.15, -0.1) is 11.3 Å². The zero-order valence-electron chi connectivity index (χ0n) is 20.7. The Morgan fingerprint density at radius 2 is 2.09 bits per heavy atom. The van der Waals surface area contributed by atoms with Gasteiger partial charge in [0.1, 0.15) is 11.3 Å². The molecule has 2 atom stereocenters. The molecule has 1 saturated heterocycles. The van der Waals surface area contributed by atoms with Gasteiger partial charge in [-0.3, -0.25) is 4.79 Å². The Morgan fingerprint density at radius 3 is 2.71 bits per heavy atom. The Labute approximate surface area is 203 Å². The van der Waals surface area contributed by atoms with Crippen molar-refractivity contribution in [3.63, 3.8) is 0 Å². The third-order valence-corrected chi connectivity index (χ3v) is 7.82. The van der Waals surface area contributed by atoms with Crippen molar-refractivity contribution in [1.82, 2.24) is 20.2 Å². The van der Waals surface area contributed by atoms with E-state index in [-0.39, 0.29) is 29.7 Å². The van der Waals surface area contributed by atoms with Gasteiger partial charge in [0.2, 0.25) is 5.95 Å². The molecule has 2 amide bonds. The molecule has 1 fully saturated rings. The summed E-state index contributed by atoms with van der Waals surface area (Å²) in [6.45, 7) is 14.4. The highest BCUT2D eigenvalue weighted by atomic mass is 32.1. The summed E-state index contributed by atoms with van der Waals surface area (Å²) in [7, 11) is 0. The summed E-state index contributed by atoms with van der Waals surface area (Å²) in [6, 6.07) is 0.0242. The van der Waals surface area contributed by atoms with E-state index in [4.69, 9.17) is 4.74 Å². The third-order valence-electron chi connectivity index (χ3n) is 6.20.